The van der Waals surface area contributed by atoms with Crippen molar-refractivity contribution in [1.82, 2.24) is 15.5 Å². The van der Waals surface area contributed by atoms with Crippen LogP contribution >= 0.6 is 0 Å². The highest BCUT2D eigenvalue weighted by Crippen LogP contribution is 2.22. The maximum atomic E-state index is 11.6. The van der Waals surface area contributed by atoms with E-state index in [1.54, 1.807) is 0 Å². The van der Waals surface area contributed by atoms with E-state index in [2.05, 4.69) is 20.8 Å². The smallest absolute Gasteiger partial charge is 0.322 e. The lowest BCUT2D eigenvalue weighted by molar-refractivity contribution is -0.125. The zero-order valence-corrected chi connectivity index (χ0v) is 11.5. The van der Waals surface area contributed by atoms with Crippen molar-refractivity contribution in [2.24, 2.45) is 0 Å². The Balaban J connectivity index is 1.84. The summed E-state index contributed by atoms with van der Waals surface area (Å²) in [6, 6.07) is 0.218. The maximum Gasteiger partial charge on any atom is 0.322 e. The highest BCUT2D eigenvalue weighted by molar-refractivity contribution is 5.89. The molecule has 0 aliphatic carbocycles. The molecule has 0 aromatic carbocycles. The van der Waals surface area contributed by atoms with Crippen molar-refractivity contribution in [3.8, 4) is 0 Å². The summed E-state index contributed by atoms with van der Waals surface area (Å²) < 4.78 is 10.8. The van der Waals surface area contributed by atoms with Gasteiger partial charge in [0.05, 0.1) is 11.6 Å². The molecular weight excluding hydrogens is 248 g/mol. The molecule has 1 fully saturated rings. The predicted octanol–water partition coefficient (Wildman–Crippen LogP) is 1.25. The summed E-state index contributed by atoms with van der Waals surface area (Å²) in [6.45, 7) is 6.57. The summed E-state index contributed by atoms with van der Waals surface area (Å²) in [5.41, 5.74) is -0.356. The average molecular weight is 268 g/mol. The third-order valence-corrected chi connectivity index (χ3v) is 2.68. The highest BCUT2D eigenvalue weighted by Gasteiger charge is 2.22. The van der Waals surface area contributed by atoms with E-state index in [1.807, 2.05) is 20.8 Å². The number of rotatable bonds is 4. The highest BCUT2D eigenvalue weighted by atomic mass is 16.5. The zero-order valence-electron chi connectivity index (χ0n) is 11.5. The van der Waals surface area contributed by atoms with Crippen LogP contribution in [-0.2, 0) is 9.53 Å². The van der Waals surface area contributed by atoms with Crippen LogP contribution in [0.4, 0.5) is 6.01 Å². The number of nitrogens with one attached hydrogen (secondary N) is 2. The summed E-state index contributed by atoms with van der Waals surface area (Å²) in [5.74, 6) is 0.217. The van der Waals surface area contributed by atoms with E-state index in [4.69, 9.17) is 9.15 Å². The number of aromatic nitrogens is 2. The number of carbonyl (C=O) groups excluding carboxylic acids is 1. The van der Waals surface area contributed by atoms with Crippen LogP contribution in [0, 0.1) is 0 Å². The minimum Gasteiger partial charge on any atom is -0.406 e. The third kappa shape index (κ3) is 4.29. The van der Waals surface area contributed by atoms with Gasteiger partial charge in [0.25, 0.3) is 5.91 Å². The molecule has 7 heteroatoms. The molecule has 1 unspecified atom stereocenters. The lowest BCUT2D eigenvalue weighted by Gasteiger charge is -2.18. The minimum absolute atomic E-state index is 0.0388. The first-order chi connectivity index (χ1) is 8.94. The van der Waals surface area contributed by atoms with Crippen LogP contribution in [0.25, 0.3) is 0 Å². The summed E-state index contributed by atoms with van der Waals surface area (Å²) in [7, 11) is 0. The van der Waals surface area contributed by atoms with Gasteiger partial charge in [-0.15, -0.1) is 5.10 Å². The van der Waals surface area contributed by atoms with Crippen molar-refractivity contribution in [2.45, 2.75) is 45.3 Å². The molecule has 1 amide bonds. The predicted molar refractivity (Wildman–Crippen MR) is 68.6 cm³/mol. The maximum absolute atomic E-state index is 11.6. The molecule has 1 aliphatic rings. The Morgan fingerprint density at radius 2 is 2.32 bits per heavy atom. The molecular formula is C12H20N4O3. The molecule has 0 spiro atoms. The van der Waals surface area contributed by atoms with Gasteiger partial charge in [-0.2, -0.15) is 0 Å². The molecule has 106 valence electrons. The molecule has 1 aromatic rings. The standard InChI is InChI=1S/C12H20N4O3/c1-12(2,3)18-7-9(17)14-11-16-15-10(19-11)8-5-4-6-13-8/h8,13H,4-7H2,1-3H3,(H,14,16,17). The van der Waals surface area contributed by atoms with E-state index in [0.29, 0.717) is 5.89 Å². The fraction of sp³-hybridized carbons (Fsp3) is 0.750. The first-order valence-corrected chi connectivity index (χ1v) is 6.45. The first-order valence-electron chi connectivity index (χ1n) is 6.45. The molecule has 0 radical (unpaired) electrons. The van der Waals surface area contributed by atoms with Crippen LogP contribution in [0.5, 0.6) is 0 Å². The number of hydrogen-bond acceptors (Lipinski definition) is 6. The number of anilines is 1. The van der Waals surface area contributed by atoms with Crippen molar-refractivity contribution in [3.05, 3.63) is 5.89 Å². The molecule has 1 aliphatic heterocycles. The first kappa shape index (κ1) is 14.0. The second-order valence-corrected chi connectivity index (χ2v) is 5.54. The van der Waals surface area contributed by atoms with E-state index in [1.165, 1.54) is 0 Å². The van der Waals surface area contributed by atoms with Crippen molar-refractivity contribution < 1.29 is 13.9 Å². The Morgan fingerprint density at radius 3 is 2.95 bits per heavy atom. The van der Waals surface area contributed by atoms with Gasteiger partial charge < -0.3 is 14.5 Å². The Labute approximate surface area is 112 Å². The molecule has 1 atom stereocenters. The van der Waals surface area contributed by atoms with Crippen molar-refractivity contribution in [3.63, 3.8) is 0 Å². The molecule has 2 rings (SSSR count). The summed E-state index contributed by atoms with van der Waals surface area (Å²) in [6.07, 6.45) is 2.07. The van der Waals surface area contributed by atoms with Crippen LogP contribution in [0.3, 0.4) is 0 Å². The number of carbonyl (C=O) groups is 1. The lowest BCUT2D eigenvalue weighted by atomic mass is 10.2. The van der Waals surface area contributed by atoms with Crippen molar-refractivity contribution in [2.75, 3.05) is 18.5 Å². The monoisotopic (exact) mass is 268 g/mol. The molecule has 1 aromatic heterocycles. The van der Waals surface area contributed by atoms with Gasteiger partial charge in [-0.05, 0) is 40.2 Å². The van der Waals surface area contributed by atoms with Gasteiger partial charge in [0.15, 0.2) is 0 Å². The Bertz CT molecular complexity index is 432. The molecule has 19 heavy (non-hydrogen) atoms. The van der Waals surface area contributed by atoms with E-state index in [9.17, 15) is 4.79 Å². The largest absolute Gasteiger partial charge is 0.406 e. The van der Waals surface area contributed by atoms with Crippen LogP contribution in [0.1, 0.15) is 45.5 Å². The van der Waals surface area contributed by atoms with Gasteiger partial charge in [-0.3, -0.25) is 10.1 Å². The van der Waals surface area contributed by atoms with E-state index < -0.39 is 0 Å². The fourth-order valence-corrected chi connectivity index (χ4v) is 1.76. The Morgan fingerprint density at radius 1 is 1.53 bits per heavy atom. The van der Waals surface area contributed by atoms with Gasteiger partial charge in [0, 0.05) is 0 Å². The van der Waals surface area contributed by atoms with Gasteiger partial charge >= 0.3 is 6.01 Å². The molecule has 2 N–H and O–H groups in total. The zero-order chi connectivity index (χ0) is 13.9. The lowest BCUT2D eigenvalue weighted by Crippen LogP contribution is -2.27. The molecule has 7 nitrogen and oxygen atoms in total. The van der Waals surface area contributed by atoms with Crippen molar-refractivity contribution in [1.29, 1.82) is 0 Å². The van der Waals surface area contributed by atoms with Gasteiger partial charge in [0.2, 0.25) is 5.89 Å². The van der Waals surface area contributed by atoms with Crippen LogP contribution in [0.15, 0.2) is 4.42 Å². The van der Waals surface area contributed by atoms with E-state index in [0.717, 1.165) is 19.4 Å². The quantitative estimate of drug-likeness (QED) is 0.854. The third-order valence-electron chi connectivity index (χ3n) is 2.68. The average Bonchev–Trinajstić information content (AvgIpc) is 2.94. The number of nitrogens with zero attached hydrogens (tertiary/aromatic N) is 2. The number of hydrogen-bond donors (Lipinski definition) is 2. The summed E-state index contributed by atoms with van der Waals surface area (Å²) >= 11 is 0. The van der Waals surface area contributed by atoms with Gasteiger partial charge in [-0.1, -0.05) is 5.10 Å². The summed E-state index contributed by atoms with van der Waals surface area (Å²) in [4.78, 5) is 11.6. The second-order valence-electron chi connectivity index (χ2n) is 5.54. The SMILES string of the molecule is CC(C)(C)OCC(=O)Nc1nnc(C2CCCN2)o1. The second kappa shape index (κ2) is 5.66. The fourth-order valence-electron chi connectivity index (χ4n) is 1.76. The molecule has 2 heterocycles. The van der Waals surface area contributed by atoms with Gasteiger partial charge in [-0.25, -0.2) is 0 Å². The van der Waals surface area contributed by atoms with Gasteiger partial charge in [0.1, 0.15) is 6.61 Å². The summed E-state index contributed by atoms with van der Waals surface area (Å²) in [5, 5.41) is 13.5. The minimum atomic E-state index is -0.356. The normalized spacial score (nSPS) is 19.6. The topological polar surface area (TPSA) is 89.3 Å². The number of ether oxygens (including phenoxy) is 1. The van der Waals surface area contributed by atoms with Crippen molar-refractivity contribution >= 4 is 11.9 Å². The molecule has 0 bridgehead atoms. The van der Waals surface area contributed by atoms with Crippen LogP contribution in [-0.4, -0.2) is 34.9 Å². The van der Waals surface area contributed by atoms with Crippen LogP contribution in [0.2, 0.25) is 0 Å². The molecule has 1 saturated heterocycles. The van der Waals surface area contributed by atoms with E-state index >= 15 is 0 Å². The van der Waals surface area contributed by atoms with Crippen LogP contribution < -0.4 is 10.6 Å². The van der Waals surface area contributed by atoms with E-state index in [-0.39, 0.29) is 30.2 Å². The number of amides is 1. The Kier molecular flexibility index (Phi) is 4.16. The molecule has 0 saturated carbocycles. The Hall–Kier alpha value is -1.47.